The van der Waals surface area contributed by atoms with Gasteiger partial charge >= 0.3 is 5.97 Å². The number of rotatable bonds is 4. The van der Waals surface area contributed by atoms with E-state index in [1.165, 1.54) is 18.2 Å². The molecule has 5 heteroatoms. The number of carbonyl (C=O) groups excluding carboxylic acids is 1. The van der Waals surface area contributed by atoms with Crippen molar-refractivity contribution in [2.75, 3.05) is 5.32 Å². The lowest BCUT2D eigenvalue weighted by Gasteiger charge is -2.16. The fourth-order valence-electron chi connectivity index (χ4n) is 3.03. The van der Waals surface area contributed by atoms with Crippen molar-refractivity contribution in [3.05, 3.63) is 29.6 Å². The first-order chi connectivity index (χ1) is 9.92. The molecule has 114 valence electrons. The number of hydrogen-bond donors (Lipinski definition) is 2. The van der Waals surface area contributed by atoms with Gasteiger partial charge in [0.1, 0.15) is 5.82 Å². The van der Waals surface area contributed by atoms with Crippen LogP contribution in [0, 0.1) is 30.5 Å². The summed E-state index contributed by atoms with van der Waals surface area (Å²) >= 11 is 0. The minimum atomic E-state index is -0.915. The van der Waals surface area contributed by atoms with Crippen LogP contribution in [0.15, 0.2) is 18.2 Å². The zero-order valence-electron chi connectivity index (χ0n) is 12.2. The molecule has 21 heavy (non-hydrogen) atoms. The molecular formula is C16H20FNO3. The summed E-state index contributed by atoms with van der Waals surface area (Å²) in [4.78, 5) is 23.7. The molecule has 1 unspecified atom stereocenters. The molecule has 0 aromatic heterocycles. The predicted molar refractivity (Wildman–Crippen MR) is 77.4 cm³/mol. The summed E-state index contributed by atoms with van der Waals surface area (Å²) in [6.07, 6.45) is 2.02. The van der Waals surface area contributed by atoms with Gasteiger partial charge in [-0.2, -0.15) is 0 Å². The second kappa shape index (κ2) is 6.24. The van der Waals surface area contributed by atoms with Crippen molar-refractivity contribution in [2.45, 2.75) is 33.1 Å². The van der Waals surface area contributed by atoms with Crippen molar-refractivity contribution in [3.8, 4) is 0 Å². The average molecular weight is 293 g/mol. The van der Waals surface area contributed by atoms with Gasteiger partial charge in [0.25, 0.3) is 0 Å². The molecule has 1 amide bonds. The van der Waals surface area contributed by atoms with Crippen molar-refractivity contribution >= 4 is 17.6 Å². The van der Waals surface area contributed by atoms with E-state index in [0.717, 1.165) is 6.42 Å². The van der Waals surface area contributed by atoms with Crippen LogP contribution in [-0.4, -0.2) is 17.0 Å². The molecule has 2 rings (SSSR count). The Balaban J connectivity index is 2.13. The number of anilines is 1. The first-order valence-corrected chi connectivity index (χ1v) is 7.22. The Labute approximate surface area is 123 Å². The van der Waals surface area contributed by atoms with Crippen LogP contribution in [-0.2, 0) is 9.59 Å². The van der Waals surface area contributed by atoms with Gasteiger partial charge in [0.15, 0.2) is 0 Å². The van der Waals surface area contributed by atoms with E-state index in [1.807, 2.05) is 6.92 Å². The van der Waals surface area contributed by atoms with E-state index in [-0.39, 0.29) is 17.6 Å². The number of hydrogen-bond acceptors (Lipinski definition) is 2. The van der Waals surface area contributed by atoms with Gasteiger partial charge < -0.3 is 10.4 Å². The Morgan fingerprint density at radius 3 is 2.57 bits per heavy atom. The van der Waals surface area contributed by atoms with E-state index >= 15 is 0 Å². The van der Waals surface area contributed by atoms with Gasteiger partial charge in [0, 0.05) is 5.69 Å². The third kappa shape index (κ3) is 3.40. The smallest absolute Gasteiger partial charge is 0.307 e. The minimum absolute atomic E-state index is 0.274. The molecule has 1 aromatic rings. The predicted octanol–water partition coefficient (Wildman–Crippen LogP) is 3.21. The fraction of sp³-hybridized carbons (Fsp3) is 0.500. The molecule has 3 atom stereocenters. The van der Waals surface area contributed by atoms with E-state index in [1.54, 1.807) is 6.92 Å². The van der Waals surface area contributed by atoms with Crippen molar-refractivity contribution in [1.29, 1.82) is 0 Å². The summed E-state index contributed by atoms with van der Waals surface area (Å²) in [6.45, 7) is 3.71. The molecule has 4 nitrogen and oxygen atoms in total. The molecule has 0 heterocycles. The molecule has 0 saturated heterocycles. The lowest BCUT2D eigenvalue weighted by molar-refractivity contribution is -0.145. The standard InChI is InChI=1S/C16H20FNO3/c1-3-10-7-12(13(8-10)16(20)21)15(19)18-14-5-4-11(17)6-9(14)2/h4-6,10,12-13H,3,7-8H2,1-2H3,(H,18,19)(H,20,21)/t10?,12-,13+/m0/s1. The maximum atomic E-state index is 13.1. The van der Waals surface area contributed by atoms with Crippen molar-refractivity contribution in [3.63, 3.8) is 0 Å². The summed E-state index contributed by atoms with van der Waals surface area (Å²) in [5, 5.41) is 12.0. The van der Waals surface area contributed by atoms with Crippen LogP contribution in [0.1, 0.15) is 31.7 Å². The Bertz CT molecular complexity index is 558. The van der Waals surface area contributed by atoms with Gasteiger partial charge in [-0.05, 0) is 49.4 Å². The highest BCUT2D eigenvalue weighted by atomic mass is 19.1. The number of carboxylic acid groups (broad SMARTS) is 1. The van der Waals surface area contributed by atoms with Gasteiger partial charge in [-0.1, -0.05) is 13.3 Å². The Morgan fingerprint density at radius 1 is 1.33 bits per heavy atom. The summed E-state index contributed by atoms with van der Waals surface area (Å²) in [5.41, 5.74) is 1.16. The van der Waals surface area contributed by atoms with E-state index in [0.29, 0.717) is 24.1 Å². The third-order valence-electron chi connectivity index (χ3n) is 4.34. The van der Waals surface area contributed by atoms with Gasteiger partial charge in [0.2, 0.25) is 5.91 Å². The van der Waals surface area contributed by atoms with Crippen LogP contribution in [0.5, 0.6) is 0 Å². The van der Waals surface area contributed by atoms with E-state index in [9.17, 15) is 19.1 Å². The van der Waals surface area contributed by atoms with Crippen LogP contribution in [0.4, 0.5) is 10.1 Å². The quantitative estimate of drug-likeness (QED) is 0.895. The molecule has 0 spiro atoms. The second-order valence-corrected chi connectivity index (χ2v) is 5.75. The largest absolute Gasteiger partial charge is 0.481 e. The second-order valence-electron chi connectivity index (χ2n) is 5.75. The first kappa shape index (κ1) is 15.5. The number of aryl methyl sites for hydroxylation is 1. The van der Waals surface area contributed by atoms with Crippen LogP contribution in [0.25, 0.3) is 0 Å². The van der Waals surface area contributed by atoms with Gasteiger partial charge in [-0.15, -0.1) is 0 Å². The monoisotopic (exact) mass is 293 g/mol. The number of carbonyl (C=O) groups is 2. The number of nitrogens with one attached hydrogen (secondary N) is 1. The molecule has 0 bridgehead atoms. The molecule has 0 aliphatic heterocycles. The molecule has 0 radical (unpaired) electrons. The van der Waals surface area contributed by atoms with E-state index in [4.69, 9.17) is 0 Å². The van der Waals surface area contributed by atoms with Crippen molar-refractivity contribution in [1.82, 2.24) is 0 Å². The highest BCUT2D eigenvalue weighted by molar-refractivity contribution is 5.96. The van der Waals surface area contributed by atoms with Gasteiger partial charge in [0.05, 0.1) is 11.8 Å². The molecule has 1 aliphatic rings. The van der Waals surface area contributed by atoms with Crippen LogP contribution < -0.4 is 5.32 Å². The highest BCUT2D eigenvalue weighted by Gasteiger charge is 2.42. The maximum Gasteiger partial charge on any atom is 0.307 e. The van der Waals surface area contributed by atoms with Crippen molar-refractivity contribution in [2.24, 2.45) is 17.8 Å². The zero-order valence-corrected chi connectivity index (χ0v) is 12.2. The van der Waals surface area contributed by atoms with Crippen LogP contribution in [0.2, 0.25) is 0 Å². The topological polar surface area (TPSA) is 66.4 Å². The van der Waals surface area contributed by atoms with E-state index in [2.05, 4.69) is 5.32 Å². The summed E-state index contributed by atoms with van der Waals surface area (Å²) in [7, 11) is 0. The van der Waals surface area contributed by atoms with Gasteiger partial charge in [-0.25, -0.2) is 4.39 Å². The SMILES string of the molecule is CCC1C[C@H](C(=O)Nc2ccc(F)cc2C)[C@H](C(=O)O)C1. The number of carboxylic acids is 1. The molecule has 1 fully saturated rings. The third-order valence-corrected chi connectivity index (χ3v) is 4.34. The Hall–Kier alpha value is -1.91. The minimum Gasteiger partial charge on any atom is -0.481 e. The fourth-order valence-corrected chi connectivity index (χ4v) is 3.03. The van der Waals surface area contributed by atoms with Crippen molar-refractivity contribution < 1.29 is 19.1 Å². The summed E-state index contributed by atoms with van der Waals surface area (Å²) < 4.78 is 13.1. The van der Waals surface area contributed by atoms with E-state index < -0.39 is 17.8 Å². The lowest BCUT2D eigenvalue weighted by Crippen LogP contribution is -2.30. The first-order valence-electron chi connectivity index (χ1n) is 7.22. The van der Waals surface area contributed by atoms with Gasteiger partial charge in [-0.3, -0.25) is 9.59 Å². The zero-order chi connectivity index (χ0) is 15.6. The average Bonchev–Trinajstić information content (AvgIpc) is 2.86. The Kier molecular flexibility index (Phi) is 4.60. The summed E-state index contributed by atoms with van der Waals surface area (Å²) in [6, 6.07) is 4.12. The number of amides is 1. The highest BCUT2D eigenvalue weighted by Crippen LogP contribution is 2.39. The maximum absolute atomic E-state index is 13.1. The number of benzene rings is 1. The normalized spacial score (nSPS) is 24.8. The molecule has 1 aromatic carbocycles. The van der Waals surface area contributed by atoms with Crippen LogP contribution in [0.3, 0.4) is 0 Å². The Morgan fingerprint density at radius 2 is 2.00 bits per heavy atom. The molecule has 1 saturated carbocycles. The lowest BCUT2D eigenvalue weighted by atomic mass is 9.95. The molecule has 2 N–H and O–H groups in total. The number of aliphatic carboxylic acids is 1. The molecule has 1 aliphatic carbocycles. The van der Waals surface area contributed by atoms with Crippen LogP contribution >= 0.6 is 0 Å². The molecular weight excluding hydrogens is 273 g/mol. The summed E-state index contributed by atoms with van der Waals surface area (Å²) in [5.74, 6) is -2.43. The number of halogens is 1.